The smallest absolute Gasteiger partial charge is 0.323 e. The standard InChI is InChI=1S/C18H20ClN5O5S2/c19-14-2-1-12(9-15(14)31(27,28)23-5-7-29-8-6-23)21-16(25)10-13-11-30-18(22-13)24-4-3-20-17(24)26/h1-2,9,11H,3-8,10H2,(H,20,26)(H,21,25). The molecule has 4 rings (SSSR count). The molecule has 0 atom stereocenters. The van der Waals surface area contributed by atoms with E-state index < -0.39 is 10.0 Å². The van der Waals surface area contributed by atoms with E-state index >= 15 is 0 Å². The number of halogens is 1. The van der Waals surface area contributed by atoms with Crippen molar-refractivity contribution in [1.82, 2.24) is 14.6 Å². The van der Waals surface area contributed by atoms with Gasteiger partial charge in [0.1, 0.15) is 4.90 Å². The highest BCUT2D eigenvalue weighted by Gasteiger charge is 2.29. The molecule has 0 radical (unpaired) electrons. The van der Waals surface area contributed by atoms with E-state index in [0.717, 1.165) is 0 Å². The molecular weight excluding hydrogens is 466 g/mol. The summed E-state index contributed by atoms with van der Waals surface area (Å²) >= 11 is 7.43. The SMILES string of the molecule is O=C(Cc1csc(N2CCNC2=O)n1)Nc1ccc(Cl)c(S(=O)(=O)N2CCOCC2)c1. The number of morpholine rings is 1. The number of carbonyl (C=O) groups excluding carboxylic acids is 2. The molecule has 0 saturated carbocycles. The minimum atomic E-state index is -3.81. The number of carbonyl (C=O) groups is 2. The number of urea groups is 1. The van der Waals surface area contributed by atoms with Gasteiger partial charge in [-0.25, -0.2) is 18.2 Å². The average molecular weight is 486 g/mol. The predicted molar refractivity (Wildman–Crippen MR) is 116 cm³/mol. The van der Waals surface area contributed by atoms with Crippen LogP contribution >= 0.6 is 22.9 Å². The van der Waals surface area contributed by atoms with Crippen LogP contribution in [0, 0.1) is 0 Å². The van der Waals surface area contributed by atoms with Gasteiger partial charge in [0.05, 0.1) is 30.4 Å². The Kier molecular flexibility index (Phi) is 6.44. The molecule has 0 bridgehead atoms. The first-order chi connectivity index (χ1) is 14.8. The number of nitrogens with zero attached hydrogens (tertiary/aromatic N) is 3. The first-order valence-electron chi connectivity index (χ1n) is 9.51. The molecule has 2 aliphatic rings. The van der Waals surface area contributed by atoms with Gasteiger partial charge in [0.25, 0.3) is 0 Å². The zero-order valence-electron chi connectivity index (χ0n) is 16.3. The van der Waals surface area contributed by atoms with Gasteiger partial charge in [0.2, 0.25) is 15.9 Å². The molecule has 0 spiro atoms. The Balaban J connectivity index is 1.45. The normalized spacial score (nSPS) is 17.6. The predicted octanol–water partition coefficient (Wildman–Crippen LogP) is 1.53. The zero-order valence-corrected chi connectivity index (χ0v) is 18.7. The Morgan fingerprint density at radius 2 is 2.06 bits per heavy atom. The highest BCUT2D eigenvalue weighted by Crippen LogP contribution is 2.28. The summed E-state index contributed by atoms with van der Waals surface area (Å²) in [4.78, 5) is 30.0. The molecule has 2 aliphatic heterocycles. The molecular formula is C18H20ClN5O5S2. The number of anilines is 2. The van der Waals surface area contributed by atoms with Crippen molar-refractivity contribution in [2.24, 2.45) is 0 Å². The van der Waals surface area contributed by atoms with Crippen LogP contribution in [0.25, 0.3) is 0 Å². The van der Waals surface area contributed by atoms with Crippen LogP contribution in [0.1, 0.15) is 5.69 Å². The van der Waals surface area contributed by atoms with Crippen LogP contribution in [0.4, 0.5) is 15.6 Å². The fourth-order valence-corrected chi connectivity index (χ4v) is 5.99. The lowest BCUT2D eigenvalue weighted by Crippen LogP contribution is -2.40. The largest absolute Gasteiger partial charge is 0.379 e. The first-order valence-corrected chi connectivity index (χ1v) is 12.2. The molecule has 1 aromatic carbocycles. The van der Waals surface area contributed by atoms with E-state index in [1.54, 1.807) is 11.4 Å². The second-order valence-corrected chi connectivity index (χ2v) is 10.0. The molecule has 2 N–H and O–H groups in total. The van der Waals surface area contributed by atoms with Gasteiger partial charge in [0.15, 0.2) is 5.13 Å². The van der Waals surface area contributed by atoms with E-state index in [0.29, 0.717) is 42.8 Å². The van der Waals surface area contributed by atoms with Crippen molar-refractivity contribution >= 4 is 55.7 Å². The molecule has 0 unspecified atom stereocenters. The number of benzene rings is 1. The number of amides is 3. The van der Waals surface area contributed by atoms with Crippen molar-refractivity contribution in [1.29, 1.82) is 0 Å². The number of sulfonamides is 1. The van der Waals surface area contributed by atoms with Crippen LogP contribution < -0.4 is 15.5 Å². The summed E-state index contributed by atoms with van der Waals surface area (Å²) < 4.78 is 32.4. The van der Waals surface area contributed by atoms with Gasteiger partial charge in [-0.3, -0.25) is 9.69 Å². The second-order valence-electron chi connectivity index (χ2n) is 6.89. The summed E-state index contributed by atoms with van der Waals surface area (Å²) in [5.74, 6) is -0.361. The quantitative estimate of drug-likeness (QED) is 0.640. The van der Waals surface area contributed by atoms with Gasteiger partial charge in [-0.1, -0.05) is 11.6 Å². The third kappa shape index (κ3) is 4.83. The molecule has 13 heteroatoms. The van der Waals surface area contributed by atoms with E-state index in [4.69, 9.17) is 16.3 Å². The Morgan fingerprint density at radius 1 is 1.29 bits per heavy atom. The maximum Gasteiger partial charge on any atom is 0.323 e. The fourth-order valence-electron chi connectivity index (χ4n) is 3.23. The Hall–Kier alpha value is -2.25. The molecule has 2 fully saturated rings. The van der Waals surface area contributed by atoms with Crippen molar-refractivity contribution in [3.8, 4) is 0 Å². The number of aromatic nitrogens is 1. The van der Waals surface area contributed by atoms with E-state index in [2.05, 4.69) is 15.6 Å². The summed E-state index contributed by atoms with van der Waals surface area (Å²) in [6.45, 7) is 2.22. The number of hydrogen-bond donors (Lipinski definition) is 2. The minimum absolute atomic E-state index is 0.0138. The average Bonchev–Trinajstić information content (AvgIpc) is 3.38. The van der Waals surface area contributed by atoms with Gasteiger partial charge in [-0.05, 0) is 18.2 Å². The van der Waals surface area contributed by atoms with Crippen LogP contribution in [0.5, 0.6) is 0 Å². The lowest BCUT2D eigenvalue weighted by molar-refractivity contribution is -0.115. The molecule has 10 nitrogen and oxygen atoms in total. The van der Waals surface area contributed by atoms with E-state index in [-0.39, 0.29) is 41.4 Å². The van der Waals surface area contributed by atoms with Crippen LogP contribution in [-0.4, -0.2) is 69.0 Å². The third-order valence-corrected chi connectivity index (χ3v) is 8.06. The molecule has 166 valence electrons. The topological polar surface area (TPSA) is 121 Å². The molecule has 2 saturated heterocycles. The van der Waals surface area contributed by atoms with Crippen molar-refractivity contribution in [3.63, 3.8) is 0 Å². The molecule has 0 aliphatic carbocycles. The lowest BCUT2D eigenvalue weighted by Gasteiger charge is -2.26. The van der Waals surface area contributed by atoms with Crippen LogP contribution in [0.2, 0.25) is 5.02 Å². The maximum absolute atomic E-state index is 12.9. The van der Waals surface area contributed by atoms with Gasteiger partial charge in [-0.15, -0.1) is 11.3 Å². The maximum atomic E-state index is 12.9. The van der Waals surface area contributed by atoms with Gasteiger partial charge in [0, 0.05) is 37.2 Å². The Morgan fingerprint density at radius 3 is 2.77 bits per heavy atom. The van der Waals surface area contributed by atoms with E-state index in [9.17, 15) is 18.0 Å². The van der Waals surface area contributed by atoms with Gasteiger partial charge >= 0.3 is 6.03 Å². The molecule has 3 heterocycles. The Labute approximate surface area is 188 Å². The highest BCUT2D eigenvalue weighted by molar-refractivity contribution is 7.89. The lowest BCUT2D eigenvalue weighted by atomic mass is 10.3. The van der Waals surface area contributed by atoms with Crippen molar-refractivity contribution in [3.05, 3.63) is 34.3 Å². The fraction of sp³-hybridized carbons (Fsp3) is 0.389. The van der Waals surface area contributed by atoms with E-state index in [1.807, 2.05) is 0 Å². The molecule has 31 heavy (non-hydrogen) atoms. The van der Waals surface area contributed by atoms with E-state index in [1.165, 1.54) is 32.7 Å². The van der Waals surface area contributed by atoms with Crippen molar-refractivity contribution in [2.75, 3.05) is 49.6 Å². The number of thiazole rings is 1. The highest BCUT2D eigenvalue weighted by atomic mass is 35.5. The second kappa shape index (κ2) is 9.09. The van der Waals surface area contributed by atoms with Crippen LogP contribution in [-0.2, 0) is 26.0 Å². The Bertz CT molecular complexity index is 1100. The van der Waals surface area contributed by atoms with Gasteiger partial charge < -0.3 is 15.4 Å². The van der Waals surface area contributed by atoms with Crippen molar-refractivity contribution in [2.45, 2.75) is 11.3 Å². The monoisotopic (exact) mass is 485 g/mol. The van der Waals surface area contributed by atoms with Crippen LogP contribution in [0.15, 0.2) is 28.5 Å². The summed E-state index contributed by atoms with van der Waals surface area (Å²) in [6, 6.07) is 4.13. The summed E-state index contributed by atoms with van der Waals surface area (Å²) in [5, 5.41) is 7.72. The molecule has 3 amide bonds. The number of ether oxygens (including phenoxy) is 1. The zero-order chi connectivity index (χ0) is 22.0. The van der Waals surface area contributed by atoms with Gasteiger partial charge in [-0.2, -0.15) is 4.31 Å². The number of hydrogen-bond acceptors (Lipinski definition) is 7. The van der Waals surface area contributed by atoms with Crippen LogP contribution in [0.3, 0.4) is 0 Å². The number of rotatable bonds is 6. The first kappa shape index (κ1) is 22.0. The third-order valence-electron chi connectivity index (χ3n) is 4.77. The summed E-state index contributed by atoms with van der Waals surface area (Å²) in [6.07, 6.45) is -0.0138. The number of nitrogens with one attached hydrogen (secondary N) is 2. The van der Waals surface area contributed by atoms with Crippen molar-refractivity contribution < 1.29 is 22.7 Å². The summed E-state index contributed by atoms with van der Waals surface area (Å²) in [7, 11) is -3.81. The molecule has 1 aromatic heterocycles. The molecule has 2 aromatic rings. The minimum Gasteiger partial charge on any atom is -0.379 e. The summed E-state index contributed by atoms with van der Waals surface area (Å²) in [5.41, 5.74) is 0.836.